The monoisotopic (exact) mass is 484 g/mol. The Morgan fingerprint density at radius 3 is 1.74 bits per heavy atom. The van der Waals surface area contributed by atoms with Crippen LogP contribution in [0.2, 0.25) is 0 Å². The van der Waals surface area contributed by atoms with E-state index in [2.05, 4.69) is 19.2 Å². The summed E-state index contributed by atoms with van der Waals surface area (Å²) in [5, 5.41) is 11.2. The number of hydrogen-bond acceptors (Lipinski definition) is 6. The number of nitrogens with one attached hydrogen (secondary N) is 1. The fourth-order valence-corrected chi connectivity index (χ4v) is 3.93. The van der Waals surface area contributed by atoms with Crippen LogP contribution >= 0.6 is 0 Å². The highest BCUT2D eigenvalue weighted by atomic mass is 16.5. The molecule has 0 aliphatic heterocycles. The zero-order valence-electron chi connectivity index (χ0n) is 22.0. The fraction of sp³-hybridized carbons (Fsp3) is 0.889. The van der Waals surface area contributed by atoms with E-state index < -0.39 is 30.6 Å². The molecule has 0 aromatic rings. The molecule has 0 aromatic carbocycles. The maximum absolute atomic E-state index is 12.3. The molecule has 0 unspecified atom stereocenters. The van der Waals surface area contributed by atoms with Gasteiger partial charge in [-0.15, -0.1) is 0 Å². The molecule has 0 aliphatic rings. The summed E-state index contributed by atoms with van der Waals surface area (Å²) in [7, 11) is 0. The lowest BCUT2D eigenvalue weighted by molar-refractivity contribution is -0.151. The van der Waals surface area contributed by atoms with Crippen LogP contribution in [0.1, 0.15) is 136 Å². The molecular weight excluding hydrogens is 432 g/mol. The summed E-state index contributed by atoms with van der Waals surface area (Å²) >= 11 is 0. The molecule has 0 aliphatic carbocycles. The molecule has 4 N–H and O–H groups in total. The van der Waals surface area contributed by atoms with Crippen molar-refractivity contribution < 1.29 is 24.2 Å². The standard InChI is InChI=1S/C27H52N2O5/c1-3-5-7-9-11-12-14-15-17-19-23(21-25(31)29-27(33)24(28)22-30)34-26(32)20-18-16-13-10-8-6-4-2/h23-24,30H,3-22,28H2,1-2H3,(H,29,31,33)/t23-,24+/m1/s1. The van der Waals surface area contributed by atoms with E-state index >= 15 is 0 Å². The van der Waals surface area contributed by atoms with E-state index in [0.717, 1.165) is 38.5 Å². The van der Waals surface area contributed by atoms with Crippen molar-refractivity contribution in [2.45, 2.75) is 148 Å². The van der Waals surface area contributed by atoms with Gasteiger partial charge in [-0.25, -0.2) is 0 Å². The zero-order valence-corrected chi connectivity index (χ0v) is 22.0. The number of carbonyl (C=O) groups excluding carboxylic acids is 3. The Bertz CT molecular complexity index is 527. The van der Waals surface area contributed by atoms with E-state index in [1.54, 1.807) is 0 Å². The van der Waals surface area contributed by atoms with E-state index in [1.807, 2.05) is 0 Å². The summed E-state index contributed by atoms with van der Waals surface area (Å²) in [5.74, 6) is -1.53. The highest BCUT2D eigenvalue weighted by Gasteiger charge is 2.21. The second kappa shape index (κ2) is 23.3. The first-order valence-corrected chi connectivity index (χ1v) is 13.8. The van der Waals surface area contributed by atoms with Gasteiger partial charge in [0, 0.05) is 6.42 Å². The molecule has 0 spiro atoms. The van der Waals surface area contributed by atoms with Crippen molar-refractivity contribution in [1.29, 1.82) is 0 Å². The van der Waals surface area contributed by atoms with Crippen molar-refractivity contribution in [2.75, 3.05) is 6.61 Å². The molecule has 0 saturated carbocycles. The number of esters is 1. The van der Waals surface area contributed by atoms with E-state index in [4.69, 9.17) is 15.6 Å². The number of imide groups is 1. The number of carbonyl (C=O) groups is 3. The molecule has 0 saturated heterocycles. The number of nitrogens with two attached hydrogens (primary N) is 1. The van der Waals surface area contributed by atoms with Gasteiger partial charge in [0.25, 0.3) is 0 Å². The third-order valence-electron chi connectivity index (χ3n) is 6.12. The highest BCUT2D eigenvalue weighted by Crippen LogP contribution is 2.16. The minimum absolute atomic E-state index is 0.0658. The van der Waals surface area contributed by atoms with Gasteiger partial charge in [-0.1, -0.05) is 104 Å². The Labute approximate surface area is 208 Å². The highest BCUT2D eigenvalue weighted by molar-refractivity contribution is 5.97. The average molecular weight is 485 g/mol. The first-order chi connectivity index (χ1) is 16.4. The topological polar surface area (TPSA) is 119 Å². The van der Waals surface area contributed by atoms with Crippen molar-refractivity contribution in [3.63, 3.8) is 0 Å². The van der Waals surface area contributed by atoms with Gasteiger partial charge >= 0.3 is 5.97 Å². The van der Waals surface area contributed by atoms with E-state index in [1.165, 1.54) is 64.2 Å². The molecule has 200 valence electrons. The van der Waals surface area contributed by atoms with Crippen LogP contribution in [0.15, 0.2) is 0 Å². The minimum atomic E-state index is -1.14. The van der Waals surface area contributed by atoms with Gasteiger partial charge in [-0.2, -0.15) is 0 Å². The third-order valence-corrected chi connectivity index (χ3v) is 6.12. The second-order valence-electron chi connectivity index (χ2n) is 9.51. The quantitative estimate of drug-likeness (QED) is 0.133. The predicted molar refractivity (Wildman–Crippen MR) is 137 cm³/mol. The van der Waals surface area contributed by atoms with Crippen molar-refractivity contribution in [3.05, 3.63) is 0 Å². The van der Waals surface area contributed by atoms with Gasteiger partial charge in [-0.05, 0) is 19.3 Å². The summed E-state index contributed by atoms with van der Waals surface area (Å²) in [6.07, 6.45) is 18.9. The van der Waals surface area contributed by atoms with Gasteiger partial charge in [0.15, 0.2) is 0 Å². The molecule has 7 heteroatoms. The Morgan fingerprint density at radius 1 is 0.765 bits per heavy atom. The Hall–Kier alpha value is -1.47. The normalized spacial score (nSPS) is 12.8. The summed E-state index contributed by atoms with van der Waals surface area (Å²) in [6, 6.07) is -1.14. The van der Waals surface area contributed by atoms with E-state index in [0.29, 0.717) is 12.8 Å². The van der Waals surface area contributed by atoms with E-state index in [-0.39, 0.29) is 12.4 Å². The number of aliphatic hydroxyl groups excluding tert-OH is 1. The van der Waals surface area contributed by atoms with Crippen molar-refractivity contribution in [2.24, 2.45) is 5.73 Å². The summed E-state index contributed by atoms with van der Waals surface area (Å²) < 4.78 is 5.61. The second-order valence-corrected chi connectivity index (χ2v) is 9.51. The maximum atomic E-state index is 12.3. The van der Waals surface area contributed by atoms with Crippen LogP contribution in [0, 0.1) is 0 Å². The van der Waals surface area contributed by atoms with Gasteiger partial charge in [0.1, 0.15) is 12.1 Å². The van der Waals surface area contributed by atoms with Crippen LogP contribution in [-0.4, -0.2) is 41.6 Å². The van der Waals surface area contributed by atoms with Gasteiger partial charge < -0.3 is 15.6 Å². The van der Waals surface area contributed by atoms with Crippen molar-refractivity contribution >= 4 is 17.8 Å². The summed E-state index contributed by atoms with van der Waals surface area (Å²) in [6.45, 7) is 3.88. The molecule has 2 atom stereocenters. The SMILES string of the molecule is CCCCCCCCCCC[C@H](CC(=O)NC(=O)[C@@H](N)CO)OC(=O)CCCCCCCCC. The van der Waals surface area contributed by atoms with Crippen molar-refractivity contribution in [3.8, 4) is 0 Å². The lowest BCUT2D eigenvalue weighted by atomic mass is 10.0. The lowest BCUT2D eigenvalue weighted by Gasteiger charge is -2.18. The molecule has 34 heavy (non-hydrogen) atoms. The Kier molecular flexibility index (Phi) is 22.3. The molecule has 0 aromatic heterocycles. The first-order valence-electron chi connectivity index (χ1n) is 13.8. The average Bonchev–Trinajstić information content (AvgIpc) is 2.81. The fourth-order valence-electron chi connectivity index (χ4n) is 3.93. The summed E-state index contributed by atoms with van der Waals surface area (Å²) in [4.78, 5) is 36.3. The van der Waals surface area contributed by atoms with Gasteiger partial charge in [0.2, 0.25) is 11.8 Å². The lowest BCUT2D eigenvalue weighted by Crippen LogP contribution is -2.46. The van der Waals surface area contributed by atoms with Gasteiger partial charge in [0.05, 0.1) is 13.0 Å². The maximum Gasteiger partial charge on any atom is 0.306 e. The first kappa shape index (κ1) is 32.5. The van der Waals surface area contributed by atoms with Crippen molar-refractivity contribution in [1.82, 2.24) is 5.32 Å². The number of hydrogen-bond donors (Lipinski definition) is 3. The van der Waals surface area contributed by atoms with Crippen LogP contribution in [0.25, 0.3) is 0 Å². The molecule has 7 nitrogen and oxygen atoms in total. The number of ether oxygens (including phenoxy) is 1. The van der Waals surface area contributed by atoms with Crippen LogP contribution in [-0.2, 0) is 19.1 Å². The number of amides is 2. The Morgan fingerprint density at radius 2 is 1.24 bits per heavy atom. The molecule has 0 radical (unpaired) electrons. The van der Waals surface area contributed by atoms with Crippen LogP contribution in [0.5, 0.6) is 0 Å². The van der Waals surface area contributed by atoms with Crippen LogP contribution in [0.4, 0.5) is 0 Å². The third kappa shape index (κ3) is 20.0. The number of aliphatic hydroxyl groups is 1. The molecule has 0 fully saturated rings. The molecular formula is C27H52N2O5. The molecule has 0 rings (SSSR count). The summed E-state index contributed by atoms with van der Waals surface area (Å²) in [5.41, 5.74) is 5.45. The largest absolute Gasteiger partial charge is 0.462 e. The predicted octanol–water partition coefficient (Wildman–Crippen LogP) is 5.31. The Balaban J connectivity index is 4.37. The molecule has 2 amide bonds. The van der Waals surface area contributed by atoms with E-state index in [9.17, 15) is 14.4 Å². The molecule has 0 heterocycles. The number of rotatable bonds is 23. The van der Waals surface area contributed by atoms with Gasteiger partial charge in [-0.3, -0.25) is 19.7 Å². The van der Waals surface area contributed by atoms with Crippen LogP contribution < -0.4 is 11.1 Å². The molecule has 0 bridgehead atoms. The van der Waals surface area contributed by atoms with Crippen LogP contribution in [0.3, 0.4) is 0 Å². The smallest absolute Gasteiger partial charge is 0.306 e. The zero-order chi connectivity index (χ0) is 25.4. The minimum Gasteiger partial charge on any atom is -0.462 e. The number of unbranched alkanes of at least 4 members (excludes halogenated alkanes) is 14.